The smallest absolute Gasteiger partial charge is 0.225 e. The Labute approximate surface area is 103 Å². The Kier molecular flexibility index (Phi) is 3.69. The molecular formula is C13H22N2O2. The number of rotatable bonds is 2. The lowest BCUT2D eigenvalue weighted by Gasteiger charge is -2.42. The van der Waals surface area contributed by atoms with Gasteiger partial charge in [-0.2, -0.15) is 0 Å². The van der Waals surface area contributed by atoms with E-state index in [1.54, 1.807) is 0 Å². The first-order chi connectivity index (χ1) is 8.11. The number of amides is 2. The number of likely N-dealkylation sites (tertiary alicyclic amines) is 1. The first-order valence-electron chi connectivity index (χ1n) is 6.70. The highest BCUT2D eigenvalue weighted by Crippen LogP contribution is 2.26. The van der Waals surface area contributed by atoms with E-state index in [-0.39, 0.29) is 17.7 Å². The average Bonchev–Trinajstić information content (AvgIpc) is 2.36. The summed E-state index contributed by atoms with van der Waals surface area (Å²) in [6.45, 7) is 5.67. The van der Waals surface area contributed by atoms with Crippen molar-refractivity contribution in [2.45, 2.75) is 45.6 Å². The molecule has 2 fully saturated rings. The minimum Gasteiger partial charge on any atom is -0.353 e. The van der Waals surface area contributed by atoms with Gasteiger partial charge in [0.2, 0.25) is 11.8 Å². The van der Waals surface area contributed by atoms with Crippen LogP contribution in [0.4, 0.5) is 0 Å². The molecule has 3 atom stereocenters. The third-order valence-electron chi connectivity index (χ3n) is 4.17. The maximum absolute atomic E-state index is 12.1. The van der Waals surface area contributed by atoms with Crippen molar-refractivity contribution in [1.82, 2.24) is 10.2 Å². The first-order valence-corrected chi connectivity index (χ1v) is 6.70. The molecule has 2 rings (SSSR count). The lowest BCUT2D eigenvalue weighted by Crippen LogP contribution is -2.55. The van der Waals surface area contributed by atoms with E-state index in [4.69, 9.17) is 0 Å². The van der Waals surface area contributed by atoms with Crippen LogP contribution < -0.4 is 5.32 Å². The topological polar surface area (TPSA) is 49.4 Å². The zero-order valence-corrected chi connectivity index (χ0v) is 10.7. The van der Waals surface area contributed by atoms with Crippen LogP contribution in [0, 0.1) is 11.8 Å². The second-order valence-corrected chi connectivity index (χ2v) is 5.35. The number of carbonyl (C=O) groups excluding carboxylic acids is 2. The van der Waals surface area contributed by atoms with Crippen LogP contribution in [-0.4, -0.2) is 35.8 Å². The first kappa shape index (κ1) is 12.4. The zero-order valence-electron chi connectivity index (χ0n) is 10.7. The lowest BCUT2D eigenvalue weighted by molar-refractivity contribution is -0.138. The van der Waals surface area contributed by atoms with Crippen molar-refractivity contribution in [1.29, 1.82) is 0 Å². The summed E-state index contributed by atoms with van der Waals surface area (Å²) in [7, 11) is 0. The molecule has 4 heteroatoms. The highest BCUT2D eigenvalue weighted by atomic mass is 16.2. The number of piperidine rings is 2. The number of carbonyl (C=O) groups is 2. The van der Waals surface area contributed by atoms with E-state index in [1.165, 1.54) is 0 Å². The molecule has 0 radical (unpaired) electrons. The van der Waals surface area contributed by atoms with Crippen LogP contribution in [0.2, 0.25) is 0 Å². The second kappa shape index (κ2) is 5.07. The van der Waals surface area contributed by atoms with Crippen LogP contribution in [0.5, 0.6) is 0 Å². The van der Waals surface area contributed by atoms with Crippen molar-refractivity contribution in [3.8, 4) is 0 Å². The molecule has 0 aromatic rings. The molecule has 2 aliphatic rings. The fourth-order valence-electron chi connectivity index (χ4n) is 2.80. The molecule has 0 aromatic heterocycles. The minimum atomic E-state index is 0.129. The van der Waals surface area contributed by atoms with E-state index >= 15 is 0 Å². The van der Waals surface area contributed by atoms with Gasteiger partial charge in [-0.25, -0.2) is 0 Å². The van der Waals surface area contributed by atoms with Gasteiger partial charge in [-0.15, -0.1) is 0 Å². The third kappa shape index (κ3) is 2.61. The minimum absolute atomic E-state index is 0.129. The standard InChI is InChI=1S/C13H22N2O2/c1-3-9(2)13(17)15-7-6-11-10(8-15)4-5-12(16)14-11/h9-11H,3-8H2,1-2H3,(H,14,16). The van der Waals surface area contributed by atoms with Gasteiger partial charge >= 0.3 is 0 Å². The van der Waals surface area contributed by atoms with Crippen LogP contribution >= 0.6 is 0 Å². The molecule has 96 valence electrons. The predicted octanol–water partition coefficient (Wildman–Crippen LogP) is 1.16. The van der Waals surface area contributed by atoms with Gasteiger partial charge in [0.25, 0.3) is 0 Å². The maximum atomic E-state index is 12.1. The Morgan fingerprint density at radius 2 is 2.29 bits per heavy atom. The van der Waals surface area contributed by atoms with Gasteiger partial charge < -0.3 is 10.2 Å². The molecule has 0 saturated carbocycles. The molecule has 0 bridgehead atoms. The van der Waals surface area contributed by atoms with Gasteiger partial charge in [0.1, 0.15) is 0 Å². The molecule has 2 saturated heterocycles. The number of nitrogens with zero attached hydrogens (tertiary/aromatic N) is 1. The van der Waals surface area contributed by atoms with Crippen LogP contribution in [0.3, 0.4) is 0 Å². The number of fused-ring (bicyclic) bond motifs is 1. The van der Waals surface area contributed by atoms with Crippen molar-refractivity contribution in [2.24, 2.45) is 11.8 Å². The quantitative estimate of drug-likeness (QED) is 0.785. The molecule has 1 N–H and O–H groups in total. The highest BCUT2D eigenvalue weighted by Gasteiger charge is 2.35. The molecule has 3 unspecified atom stereocenters. The zero-order chi connectivity index (χ0) is 12.4. The van der Waals surface area contributed by atoms with Gasteiger partial charge in [0.15, 0.2) is 0 Å². The van der Waals surface area contributed by atoms with Crippen LogP contribution in [-0.2, 0) is 9.59 Å². The number of nitrogens with one attached hydrogen (secondary N) is 1. The molecule has 0 aliphatic carbocycles. The van der Waals surface area contributed by atoms with Gasteiger partial charge in [0, 0.05) is 31.5 Å². The Bertz CT molecular complexity index is 317. The van der Waals surface area contributed by atoms with Crippen molar-refractivity contribution in [2.75, 3.05) is 13.1 Å². The average molecular weight is 238 g/mol. The molecule has 0 spiro atoms. The van der Waals surface area contributed by atoms with E-state index in [2.05, 4.69) is 12.2 Å². The summed E-state index contributed by atoms with van der Waals surface area (Å²) in [6, 6.07) is 0.303. The molecule has 17 heavy (non-hydrogen) atoms. The summed E-state index contributed by atoms with van der Waals surface area (Å²) in [4.78, 5) is 25.4. The third-order valence-corrected chi connectivity index (χ3v) is 4.17. The van der Waals surface area contributed by atoms with Crippen molar-refractivity contribution in [3.05, 3.63) is 0 Å². The van der Waals surface area contributed by atoms with Crippen molar-refractivity contribution < 1.29 is 9.59 Å². The monoisotopic (exact) mass is 238 g/mol. The summed E-state index contributed by atoms with van der Waals surface area (Å²) in [5, 5.41) is 3.04. The lowest BCUT2D eigenvalue weighted by atomic mass is 9.84. The van der Waals surface area contributed by atoms with Crippen molar-refractivity contribution >= 4 is 11.8 Å². The Balaban J connectivity index is 1.94. The molecule has 0 aromatic carbocycles. The Hall–Kier alpha value is -1.06. The van der Waals surface area contributed by atoms with Gasteiger partial charge in [0.05, 0.1) is 0 Å². The molecule has 2 heterocycles. The van der Waals surface area contributed by atoms with E-state index < -0.39 is 0 Å². The van der Waals surface area contributed by atoms with E-state index in [9.17, 15) is 9.59 Å². The number of hydrogen-bond acceptors (Lipinski definition) is 2. The van der Waals surface area contributed by atoms with Gasteiger partial charge in [-0.3, -0.25) is 9.59 Å². The fourth-order valence-corrected chi connectivity index (χ4v) is 2.80. The Morgan fingerprint density at radius 1 is 1.53 bits per heavy atom. The number of hydrogen-bond donors (Lipinski definition) is 1. The Morgan fingerprint density at radius 3 is 3.00 bits per heavy atom. The van der Waals surface area contributed by atoms with Crippen LogP contribution in [0.25, 0.3) is 0 Å². The summed E-state index contributed by atoms with van der Waals surface area (Å²) in [6.07, 6.45) is 3.37. The SMILES string of the molecule is CCC(C)C(=O)N1CCC2NC(=O)CCC2C1. The summed E-state index contributed by atoms with van der Waals surface area (Å²) in [5.74, 6) is 1.05. The maximum Gasteiger partial charge on any atom is 0.225 e. The highest BCUT2D eigenvalue weighted by molar-refractivity contribution is 5.79. The summed E-state index contributed by atoms with van der Waals surface area (Å²) >= 11 is 0. The molecular weight excluding hydrogens is 216 g/mol. The second-order valence-electron chi connectivity index (χ2n) is 5.35. The predicted molar refractivity (Wildman–Crippen MR) is 65.3 cm³/mol. The largest absolute Gasteiger partial charge is 0.353 e. The van der Waals surface area contributed by atoms with Crippen LogP contribution in [0.15, 0.2) is 0 Å². The molecule has 4 nitrogen and oxygen atoms in total. The van der Waals surface area contributed by atoms with E-state index in [1.807, 2.05) is 11.8 Å². The molecule has 2 aliphatic heterocycles. The van der Waals surface area contributed by atoms with Crippen molar-refractivity contribution in [3.63, 3.8) is 0 Å². The molecule has 2 amide bonds. The normalized spacial score (nSPS) is 30.5. The van der Waals surface area contributed by atoms with E-state index in [0.717, 1.165) is 32.4 Å². The van der Waals surface area contributed by atoms with Crippen LogP contribution in [0.1, 0.15) is 39.5 Å². The van der Waals surface area contributed by atoms with Gasteiger partial charge in [-0.05, 0) is 25.2 Å². The van der Waals surface area contributed by atoms with E-state index in [0.29, 0.717) is 18.4 Å². The summed E-state index contributed by atoms with van der Waals surface area (Å²) in [5.41, 5.74) is 0. The van der Waals surface area contributed by atoms with Gasteiger partial charge in [-0.1, -0.05) is 13.8 Å². The fraction of sp³-hybridized carbons (Fsp3) is 0.846. The summed E-state index contributed by atoms with van der Waals surface area (Å²) < 4.78 is 0.